The van der Waals surface area contributed by atoms with Gasteiger partial charge in [-0.3, -0.25) is 4.98 Å². The summed E-state index contributed by atoms with van der Waals surface area (Å²) in [7, 11) is -0.583. The Kier molecular flexibility index (Phi) is 5.64. The van der Waals surface area contributed by atoms with E-state index in [4.69, 9.17) is 5.73 Å². The molecule has 0 aliphatic carbocycles. The van der Waals surface area contributed by atoms with Crippen molar-refractivity contribution in [2.24, 2.45) is 5.73 Å². The number of rotatable bonds is 6. The Hall–Kier alpha value is -2.55. The Morgan fingerprint density at radius 3 is 2.71 bits per heavy atom. The van der Waals surface area contributed by atoms with Gasteiger partial charge in [-0.1, -0.05) is 12.1 Å². The monoisotopic (exact) mass is 402 g/mol. The second-order valence-electron chi connectivity index (χ2n) is 6.62. The van der Waals surface area contributed by atoms with E-state index in [0.717, 1.165) is 16.8 Å². The molecule has 8 heteroatoms. The molecule has 0 fully saturated rings. The molecular formula is C20H23FN4O2S. The predicted molar refractivity (Wildman–Crippen MR) is 109 cm³/mol. The number of allylic oxidation sites excluding steroid dienone is 1. The Labute approximate surface area is 164 Å². The van der Waals surface area contributed by atoms with E-state index in [2.05, 4.69) is 4.98 Å². The van der Waals surface area contributed by atoms with E-state index in [1.165, 1.54) is 24.5 Å². The van der Waals surface area contributed by atoms with Crippen LogP contribution in [0.4, 0.5) is 4.39 Å². The van der Waals surface area contributed by atoms with Gasteiger partial charge >= 0.3 is 0 Å². The first kappa shape index (κ1) is 20.2. The first-order chi connectivity index (χ1) is 13.3. The Bertz CT molecular complexity index is 1150. The third-order valence-corrected chi connectivity index (χ3v) is 6.44. The molecule has 148 valence electrons. The van der Waals surface area contributed by atoms with E-state index in [-0.39, 0.29) is 23.8 Å². The lowest BCUT2D eigenvalue weighted by Crippen LogP contribution is -2.22. The van der Waals surface area contributed by atoms with Crippen LogP contribution in [0.25, 0.3) is 22.2 Å². The maximum absolute atomic E-state index is 14.2. The van der Waals surface area contributed by atoms with Crippen LogP contribution >= 0.6 is 0 Å². The van der Waals surface area contributed by atoms with E-state index in [1.807, 2.05) is 23.6 Å². The normalized spacial score (nSPS) is 12.9. The van der Waals surface area contributed by atoms with E-state index >= 15 is 0 Å². The molecule has 0 saturated heterocycles. The van der Waals surface area contributed by atoms with E-state index in [1.54, 1.807) is 30.5 Å². The van der Waals surface area contributed by atoms with Gasteiger partial charge in [0.05, 0.1) is 22.5 Å². The summed E-state index contributed by atoms with van der Waals surface area (Å²) in [5.41, 5.74) is 9.18. The van der Waals surface area contributed by atoms with Gasteiger partial charge in [0, 0.05) is 38.1 Å². The highest BCUT2D eigenvalue weighted by molar-refractivity contribution is 7.89. The summed E-state index contributed by atoms with van der Waals surface area (Å²) in [4.78, 5) is 4.67. The van der Waals surface area contributed by atoms with Gasteiger partial charge in [-0.25, -0.2) is 17.1 Å². The summed E-state index contributed by atoms with van der Waals surface area (Å²) in [5.74, 6) is -0.332. The van der Waals surface area contributed by atoms with Gasteiger partial charge in [-0.05, 0) is 42.8 Å². The fourth-order valence-electron chi connectivity index (χ4n) is 3.21. The van der Waals surface area contributed by atoms with Crippen LogP contribution in [0, 0.1) is 6.92 Å². The summed E-state index contributed by atoms with van der Waals surface area (Å²) in [6.07, 6.45) is 3.01. The molecule has 0 aliphatic heterocycles. The topological polar surface area (TPSA) is 81.2 Å². The van der Waals surface area contributed by atoms with Crippen molar-refractivity contribution in [2.45, 2.75) is 18.4 Å². The Morgan fingerprint density at radius 2 is 2.04 bits per heavy atom. The minimum Gasteiger partial charge on any atom is -0.336 e. The highest BCUT2D eigenvalue weighted by atomic mass is 32.2. The number of sulfonamides is 1. The molecule has 0 unspecified atom stereocenters. The number of halogens is 1. The molecular weight excluding hydrogens is 379 g/mol. The van der Waals surface area contributed by atoms with Crippen LogP contribution in [-0.2, 0) is 16.6 Å². The highest BCUT2D eigenvalue weighted by Gasteiger charge is 2.21. The summed E-state index contributed by atoms with van der Waals surface area (Å²) >= 11 is 0. The maximum Gasteiger partial charge on any atom is 0.242 e. The van der Waals surface area contributed by atoms with Crippen LogP contribution in [0.5, 0.6) is 0 Å². The molecule has 0 radical (unpaired) electrons. The summed E-state index contributed by atoms with van der Waals surface area (Å²) in [5, 5.41) is 0. The summed E-state index contributed by atoms with van der Waals surface area (Å²) in [6.45, 7) is 2.04. The number of hydrogen-bond donors (Lipinski definition) is 1. The smallest absolute Gasteiger partial charge is 0.242 e. The maximum atomic E-state index is 14.2. The average Bonchev–Trinajstić information content (AvgIpc) is 2.94. The molecule has 3 rings (SSSR count). The van der Waals surface area contributed by atoms with Crippen LogP contribution in [0.15, 0.2) is 59.4 Å². The molecule has 0 saturated carbocycles. The lowest BCUT2D eigenvalue weighted by Gasteiger charge is -2.12. The van der Waals surface area contributed by atoms with Gasteiger partial charge in [0.1, 0.15) is 5.83 Å². The van der Waals surface area contributed by atoms with Gasteiger partial charge in [-0.15, -0.1) is 0 Å². The molecule has 2 aromatic heterocycles. The van der Waals surface area contributed by atoms with Crippen molar-refractivity contribution < 1.29 is 12.8 Å². The van der Waals surface area contributed by atoms with Crippen LogP contribution in [0.1, 0.15) is 5.69 Å². The first-order valence-corrected chi connectivity index (χ1v) is 10.2. The van der Waals surface area contributed by atoms with E-state index in [9.17, 15) is 12.8 Å². The van der Waals surface area contributed by atoms with Gasteiger partial charge in [-0.2, -0.15) is 0 Å². The number of aromatic nitrogens is 2. The predicted octanol–water partition coefficient (Wildman–Crippen LogP) is 3.07. The SMILES string of the molecule is Cc1c(-c2cccc(S(=O)(=O)N(C)C)c2)c2ncccc2n1CC(F)=CCN. The zero-order valence-corrected chi connectivity index (χ0v) is 16.9. The number of hydrogen-bond acceptors (Lipinski definition) is 4. The Balaban J connectivity index is 2.23. The molecule has 0 aliphatic rings. The van der Waals surface area contributed by atoms with Crippen LogP contribution in [0.2, 0.25) is 0 Å². The molecule has 1 aromatic carbocycles. The van der Waals surface area contributed by atoms with Gasteiger partial charge < -0.3 is 10.3 Å². The number of benzene rings is 1. The van der Waals surface area contributed by atoms with Crippen molar-refractivity contribution in [3.63, 3.8) is 0 Å². The molecule has 2 N–H and O–H groups in total. The molecule has 0 atom stereocenters. The third kappa shape index (κ3) is 3.58. The third-order valence-electron chi connectivity index (χ3n) is 4.63. The zero-order valence-electron chi connectivity index (χ0n) is 16.1. The van der Waals surface area contributed by atoms with Gasteiger partial charge in [0.2, 0.25) is 10.0 Å². The molecule has 0 bridgehead atoms. The summed E-state index contributed by atoms with van der Waals surface area (Å²) < 4.78 is 42.2. The standard InChI is InChI=1S/C20H23FN4O2S/c1-14-19(15-6-4-7-17(12-15)28(26,27)24(2)3)20-18(8-5-11-23-20)25(14)13-16(21)9-10-22/h4-9,11-12H,10,13,22H2,1-3H3. The fraction of sp³-hybridized carbons (Fsp3) is 0.250. The van der Waals surface area contributed by atoms with Crippen LogP contribution in [0.3, 0.4) is 0 Å². The van der Waals surface area contributed by atoms with Crippen LogP contribution in [-0.4, -0.2) is 42.9 Å². The van der Waals surface area contributed by atoms with E-state index in [0.29, 0.717) is 11.1 Å². The van der Waals surface area contributed by atoms with Crippen molar-refractivity contribution in [3.05, 3.63) is 60.2 Å². The fourth-order valence-corrected chi connectivity index (χ4v) is 4.16. The largest absolute Gasteiger partial charge is 0.336 e. The molecule has 2 heterocycles. The number of pyridine rings is 1. The highest BCUT2D eigenvalue weighted by Crippen LogP contribution is 2.35. The second-order valence-corrected chi connectivity index (χ2v) is 8.77. The van der Waals surface area contributed by atoms with Crippen molar-refractivity contribution in [1.29, 1.82) is 0 Å². The first-order valence-electron chi connectivity index (χ1n) is 8.78. The Morgan fingerprint density at radius 1 is 1.29 bits per heavy atom. The lowest BCUT2D eigenvalue weighted by molar-refractivity contribution is 0.521. The van der Waals surface area contributed by atoms with Gasteiger partial charge in [0.15, 0.2) is 0 Å². The van der Waals surface area contributed by atoms with Crippen molar-refractivity contribution >= 4 is 21.1 Å². The minimum absolute atomic E-state index is 0.0426. The minimum atomic E-state index is -3.57. The van der Waals surface area contributed by atoms with Crippen molar-refractivity contribution in [2.75, 3.05) is 20.6 Å². The lowest BCUT2D eigenvalue weighted by atomic mass is 10.1. The number of fused-ring (bicyclic) bond motifs is 1. The zero-order chi connectivity index (χ0) is 20.5. The molecule has 3 aromatic rings. The quantitative estimate of drug-likeness (QED) is 0.687. The average molecular weight is 402 g/mol. The molecule has 0 amide bonds. The van der Waals surface area contributed by atoms with E-state index < -0.39 is 10.0 Å². The number of nitrogens with two attached hydrogens (primary N) is 1. The second kappa shape index (κ2) is 7.83. The van der Waals surface area contributed by atoms with Crippen molar-refractivity contribution in [1.82, 2.24) is 13.9 Å². The number of nitrogens with zero attached hydrogens (tertiary/aromatic N) is 3. The van der Waals surface area contributed by atoms with Gasteiger partial charge in [0.25, 0.3) is 0 Å². The summed E-state index contributed by atoms with van der Waals surface area (Å²) in [6, 6.07) is 10.4. The molecule has 28 heavy (non-hydrogen) atoms. The molecule has 0 spiro atoms. The van der Waals surface area contributed by atoms with Crippen molar-refractivity contribution in [3.8, 4) is 11.1 Å². The molecule has 6 nitrogen and oxygen atoms in total. The van der Waals surface area contributed by atoms with Crippen LogP contribution < -0.4 is 5.73 Å².